The molecule has 0 radical (unpaired) electrons. The molecule has 3 aromatic rings. The predicted octanol–water partition coefficient (Wildman–Crippen LogP) is 4.22. The first-order valence-corrected chi connectivity index (χ1v) is 9.08. The Labute approximate surface area is 165 Å². The highest BCUT2D eigenvalue weighted by Gasteiger charge is 2.16. The van der Waals surface area contributed by atoms with Crippen LogP contribution in [0.5, 0.6) is 0 Å². The van der Waals surface area contributed by atoms with Gasteiger partial charge >= 0.3 is 0 Å². The molecular formula is C23H23N3O2. The van der Waals surface area contributed by atoms with Crippen LogP contribution in [0.25, 0.3) is 0 Å². The summed E-state index contributed by atoms with van der Waals surface area (Å²) in [6, 6.07) is 18.6. The molecule has 5 heteroatoms. The molecule has 0 atom stereocenters. The van der Waals surface area contributed by atoms with Crippen molar-refractivity contribution in [3.05, 3.63) is 94.8 Å². The smallest absolute Gasteiger partial charge is 0.272 e. The molecule has 1 heterocycles. The van der Waals surface area contributed by atoms with Crippen LogP contribution in [0.15, 0.2) is 66.9 Å². The lowest BCUT2D eigenvalue weighted by atomic mass is 10.1. The molecule has 1 aromatic heterocycles. The van der Waals surface area contributed by atoms with Crippen LogP contribution < -0.4 is 5.32 Å². The Kier molecular flexibility index (Phi) is 5.84. The zero-order valence-corrected chi connectivity index (χ0v) is 16.3. The summed E-state index contributed by atoms with van der Waals surface area (Å²) in [5.41, 5.74) is 4.55. The third-order valence-corrected chi connectivity index (χ3v) is 4.70. The number of carbonyl (C=O) groups is 2. The van der Waals surface area contributed by atoms with Crippen molar-refractivity contribution in [1.82, 2.24) is 9.88 Å². The van der Waals surface area contributed by atoms with E-state index in [1.807, 2.05) is 62.4 Å². The molecule has 2 aromatic carbocycles. The maximum atomic E-state index is 12.7. The predicted molar refractivity (Wildman–Crippen MR) is 110 cm³/mol. The molecule has 0 saturated heterocycles. The zero-order chi connectivity index (χ0) is 20.1. The van der Waals surface area contributed by atoms with Gasteiger partial charge in [-0.05, 0) is 48.7 Å². The number of nitrogens with one attached hydrogen (secondary N) is 1. The number of amides is 2. The van der Waals surface area contributed by atoms with Gasteiger partial charge in [0, 0.05) is 31.0 Å². The molecule has 0 aliphatic carbocycles. The average Bonchev–Trinajstić information content (AvgIpc) is 2.71. The van der Waals surface area contributed by atoms with Crippen LogP contribution in [0.4, 0.5) is 5.69 Å². The third-order valence-electron chi connectivity index (χ3n) is 4.70. The number of hydrogen-bond acceptors (Lipinski definition) is 3. The van der Waals surface area contributed by atoms with E-state index in [1.54, 1.807) is 18.0 Å². The second-order valence-electron chi connectivity index (χ2n) is 6.78. The van der Waals surface area contributed by atoms with E-state index in [2.05, 4.69) is 10.3 Å². The molecule has 0 aliphatic rings. The van der Waals surface area contributed by atoms with E-state index in [1.165, 1.54) is 12.3 Å². The summed E-state index contributed by atoms with van der Waals surface area (Å²) in [6.45, 7) is 4.43. The van der Waals surface area contributed by atoms with E-state index in [0.717, 1.165) is 22.4 Å². The normalized spacial score (nSPS) is 10.4. The van der Waals surface area contributed by atoms with E-state index in [-0.39, 0.29) is 17.5 Å². The fourth-order valence-electron chi connectivity index (χ4n) is 2.89. The van der Waals surface area contributed by atoms with Crippen molar-refractivity contribution in [2.24, 2.45) is 0 Å². The Balaban J connectivity index is 1.75. The van der Waals surface area contributed by atoms with Crippen molar-refractivity contribution < 1.29 is 9.59 Å². The first kappa shape index (κ1) is 19.3. The first-order valence-electron chi connectivity index (χ1n) is 9.08. The average molecular weight is 373 g/mol. The fraction of sp³-hybridized carbons (Fsp3) is 0.174. The van der Waals surface area contributed by atoms with Gasteiger partial charge in [0.1, 0.15) is 5.69 Å². The van der Waals surface area contributed by atoms with Gasteiger partial charge in [-0.1, -0.05) is 42.5 Å². The van der Waals surface area contributed by atoms with E-state index < -0.39 is 0 Å². The molecule has 0 aliphatic heterocycles. The maximum Gasteiger partial charge on any atom is 0.272 e. The SMILES string of the molecule is Cc1cccc(NC(=O)c2ccnc(C(=O)N(C)Cc3ccccc3)c2)c1C. The van der Waals surface area contributed by atoms with Crippen LogP contribution in [0.1, 0.15) is 37.5 Å². The summed E-state index contributed by atoms with van der Waals surface area (Å²) in [4.78, 5) is 31.1. The highest BCUT2D eigenvalue weighted by Crippen LogP contribution is 2.19. The number of aryl methyl sites for hydroxylation is 1. The van der Waals surface area contributed by atoms with E-state index in [9.17, 15) is 9.59 Å². The second-order valence-corrected chi connectivity index (χ2v) is 6.78. The Morgan fingerprint density at radius 3 is 2.50 bits per heavy atom. The lowest BCUT2D eigenvalue weighted by molar-refractivity contribution is 0.0779. The minimum absolute atomic E-state index is 0.231. The van der Waals surface area contributed by atoms with Gasteiger partial charge in [0.15, 0.2) is 0 Å². The topological polar surface area (TPSA) is 62.3 Å². The summed E-state index contributed by atoms with van der Waals surface area (Å²) in [5.74, 6) is -0.499. The van der Waals surface area contributed by atoms with Crippen molar-refractivity contribution in [3.63, 3.8) is 0 Å². The summed E-state index contributed by atoms with van der Waals surface area (Å²) >= 11 is 0. The van der Waals surface area contributed by atoms with Gasteiger partial charge in [-0.25, -0.2) is 0 Å². The number of rotatable bonds is 5. The minimum Gasteiger partial charge on any atom is -0.336 e. The monoisotopic (exact) mass is 373 g/mol. The molecule has 28 heavy (non-hydrogen) atoms. The number of pyridine rings is 1. The van der Waals surface area contributed by atoms with Gasteiger partial charge in [-0.2, -0.15) is 0 Å². The van der Waals surface area contributed by atoms with Gasteiger partial charge in [-0.3, -0.25) is 14.6 Å². The van der Waals surface area contributed by atoms with Crippen molar-refractivity contribution in [2.75, 3.05) is 12.4 Å². The van der Waals surface area contributed by atoms with Crippen molar-refractivity contribution in [1.29, 1.82) is 0 Å². The summed E-state index contributed by atoms with van der Waals surface area (Å²) in [6.07, 6.45) is 1.49. The molecule has 0 unspecified atom stereocenters. The summed E-state index contributed by atoms with van der Waals surface area (Å²) in [5, 5.41) is 2.91. The van der Waals surface area contributed by atoms with Crippen LogP contribution in [-0.4, -0.2) is 28.7 Å². The number of benzene rings is 2. The van der Waals surface area contributed by atoms with Gasteiger partial charge in [0.2, 0.25) is 0 Å². The lowest BCUT2D eigenvalue weighted by Crippen LogP contribution is -2.27. The zero-order valence-electron chi connectivity index (χ0n) is 16.3. The molecule has 142 valence electrons. The standard InChI is InChI=1S/C23H23N3O2/c1-16-8-7-11-20(17(16)2)25-22(27)19-12-13-24-21(14-19)23(28)26(3)15-18-9-5-4-6-10-18/h4-14H,15H2,1-3H3,(H,25,27). The summed E-state index contributed by atoms with van der Waals surface area (Å²) < 4.78 is 0. The van der Waals surface area contributed by atoms with E-state index in [4.69, 9.17) is 0 Å². The van der Waals surface area contributed by atoms with Crippen LogP contribution in [-0.2, 0) is 6.54 Å². The van der Waals surface area contributed by atoms with Crippen molar-refractivity contribution in [2.45, 2.75) is 20.4 Å². The van der Waals surface area contributed by atoms with Gasteiger partial charge in [-0.15, -0.1) is 0 Å². The highest BCUT2D eigenvalue weighted by molar-refractivity contribution is 6.06. The molecule has 3 rings (SSSR count). The van der Waals surface area contributed by atoms with E-state index >= 15 is 0 Å². The third kappa shape index (κ3) is 4.43. The number of hydrogen-bond donors (Lipinski definition) is 1. The van der Waals surface area contributed by atoms with Crippen LogP contribution >= 0.6 is 0 Å². The number of aromatic nitrogens is 1. The molecule has 0 bridgehead atoms. The Hall–Kier alpha value is -3.47. The Morgan fingerprint density at radius 2 is 1.75 bits per heavy atom. The Bertz CT molecular complexity index is 1000. The number of carbonyl (C=O) groups excluding carboxylic acids is 2. The molecule has 0 fully saturated rings. The fourth-order valence-corrected chi connectivity index (χ4v) is 2.89. The molecule has 0 saturated carbocycles. The number of anilines is 1. The van der Waals surface area contributed by atoms with Crippen molar-refractivity contribution >= 4 is 17.5 Å². The molecule has 0 spiro atoms. The van der Waals surface area contributed by atoms with Gasteiger partial charge in [0.25, 0.3) is 11.8 Å². The van der Waals surface area contributed by atoms with Crippen LogP contribution in [0.2, 0.25) is 0 Å². The molecule has 5 nitrogen and oxygen atoms in total. The van der Waals surface area contributed by atoms with E-state index in [0.29, 0.717) is 12.1 Å². The lowest BCUT2D eigenvalue weighted by Gasteiger charge is -2.17. The minimum atomic E-state index is -0.268. The second kappa shape index (κ2) is 8.48. The number of nitrogens with zero attached hydrogens (tertiary/aromatic N) is 2. The molecule has 1 N–H and O–H groups in total. The maximum absolute atomic E-state index is 12.7. The molecular weight excluding hydrogens is 350 g/mol. The van der Waals surface area contributed by atoms with Crippen molar-refractivity contribution in [3.8, 4) is 0 Å². The summed E-state index contributed by atoms with van der Waals surface area (Å²) in [7, 11) is 1.72. The highest BCUT2D eigenvalue weighted by atomic mass is 16.2. The first-order chi connectivity index (χ1) is 13.5. The Morgan fingerprint density at radius 1 is 1.00 bits per heavy atom. The van der Waals surface area contributed by atoms with Crippen LogP contribution in [0.3, 0.4) is 0 Å². The largest absolute Gasteiger partial charge is 0.336 e. The quantitative estimate of drug-likeness (QED) is 0.728. The van der Waals surface area contributed by atoms with Gasteiger partial charge < -0.3 is 10.2 Å². The van der Waals surface area contributed by atoms with Crippen LogP contribution in [0, 0.1) is 13.8 Å². The van der Waals surface area contributed by atoms with Gasteiger partial charge in [0.05, 0.1) is 0 Å². The molecule has 2 amide bonds.